The van der Waals surface area contributed by atoms with Crippen LogP contribution in [0.25, 0.3) is 0 Å². The molecule has 6 heteroatoms. The lowest BCUT2D eigenvalue weighted by atomic mass is 10.1. The topological polar surface area (TPSA) is 57.2 Å². The number of ether oxygens (including phenoxy) is 4. The van der Waals surface area contributed by atoms with E-state index in [0.29, 0.717) is 24.5 Å². The van der Waals surface area contributed by atoms with Gasteiger partial charge in [-0.25, -0.2) is 0 Å². The smallest absolute Gasteiger partial charge is 0.254 e. The van der Waals surface area contributed by atoms with E-state index < -0.39 is 0 Å². The second kappa shape index (κ2) is 9.46. The van der Waals surface area contributed by atoms with Crippen molar-refractivity contribution in [2.45, 2.75) is 25.6 Å². The molecule has 0 unspecified atom stereocenters. The Hall–Kier alpha value is -2.73. The molecule has 0 bridgehead atoms. The van der Waals surface area contributed by atoms with Crippen molar-refractivity contribution in [3.63, 3.8) is 0 Å². The van der Waals surface area contributed by atoms with E-state index in [-0.39, 0.29) is 12.0 Å². The van der Waals surface area contributed by atoms with E-state index >= 15 is 0 Å². The molecule has 2 aromatic rings. The van der Waals surface area contributed by atoms with Gasteiger partial charge in [0.05, 0.1) is 34.0 Å². The highest BCUT2D eigenvalue weighted by molar-refractivity contribution is 5.94. The van der Waals surface area contributed by atoms with Gasteiger partial charge in [0.25, 0.3) is 5.91 Å². The first-order valence-electron chi connectivity index (χ1n) is 9.40. The summed E-state index contributed by atoms with van der Waals surface area (Å²) in [7, 11) is 4.85. The van der Waals surface area contributed by atoms with Crippen molar-refractivity contribution in [2.75, 3.05) is 34.4 Å². The van der Waals surface area contributed by atoms with Gasteiger partial charge in [-0.2, -0.15) is 0 Å². The van der Waals surface area contributed by atoms with E-state index in [4.69, 9.17) is 18.9 Å². The average Bonchev–Trinajstić information content (AvgIpc) is 2.77. The largest absolute Gasteiger partial charge is 0.497 e. The van der Waals surface area contributed by atoms with Crippen LogP contribution in [0, 0.1) is 0 Å². The van der Waals surface area contributed by atoms with Crippen molar-refractivity contribution >= 4 is 5.91 Å². The van der Waals surface area contributed by atoms with Gasteiger partial charge in [-0.3, -0.25) is 4.79 Å². The summed E-state index contributed by atoms with van der Waals surface area (Å²) in [6, 6.07) is 13.0. The van der Waals surface area contributed by atoms with Gasteiger partial charge in [0.1, 0.15) is 17.2 Å². The van der Waals surface area contributed by atoms with Crippen molar-refractivity contribution in [3.05, 3.63) is 53.6 Å². The molecule has 6 nitrogen and oxygen atoms in total. The third kappa shape index (κ3) is 4.95. The van der Waals surface area contributed by atoms with E-state index in [1.54, 1.807) is 27.4 Å². The minimum absolute atomic E-state index is 0.000466. The van der Waals surface area contributed by atoms with E-state index in [2.05, 4.69) is 0 Å². The second-order valence-electron chi connectivity index (χ2n) is 6.78. The maximum Gasteiger partial charge on any atom is 0.254 e. The molecule has 0 aromatic heterocycles. The summed E-state index contributed by atoms with van der Waals surface area (Å²) in [6.45, 7) is 1.76. The highest BCUT2D eigenvalue weighted by Gasteiger charge is 2.25. The third-order valence-electron chi connectivity index (χ3n) is 4.88. The summed E-state index contributed by atoms with van der Waals surface area (Å²) in [5, 5.41) is 0. The fourth-order valence-electron chi connectivity index (χ4n) is 3.36. The summed E-state index contributed by atoms with van der Waals surface area (Å²) in [4.78, 5) is 14.7. The first kappa shape index (κ1) is 20.0. The quantitative estimate of drug-likeness (QED) is 0.730. The zero-order valence-electron chi connectivity index (χ0n) is 16.6. The molecule has 1 atom stereocenters. The van der Waals surface area contributed by atoms with Crippen molar-refractivity contribution in [1.82, 2.24) is 4.90 Å². The number of rotatable bonds is 7. The lowest BCUT2D eigenvalue weighted by Gasteiger charge is -2.33. The van der Waals surface area contributed by atoms with Gasteiger partial charge >= 0.3 is 0 Å². The Morgan fingerprint density at radius 3 is 2.39 bits per heavy atom. The number of piperidine rings is 1. The van der Waals surface area contributed by atoms with Gasteiger partial charge < -0.3 is 23.8 Å². The van der Waals surface area contributed by atoms with Gasteiger partial charge in [-0.15, -0.1) is 0 Å². The molecule has 150 valence electrons. The van der Waals surface area contributed by atoms with E-state index in [1.807, 2.05) is 41.3 Å². The Morgan fingerprint density at radius 2 is 1.71 bits per heavy atom. The number of carbonyl (C=O) groups is 1. The van der Waals surface area contributed by atoms with Gasteiger partial charge in [0, 0.05) is 24.7 Å². The van der Waals surface area contributed by atoms with Crippen molar-refractivity contribution in [2.24, 2.45) is 0 Å². The van der Waals surface area contributed by atoms with Crippen LogP contribution in [0.15, 0.2) is 42.5 Å². The van der Waals surface area contributed by atoms with E-state index in [0.717, 1.165) is 36.4 Å². The van der Waals surface area contributed by atoms with Crippen LogP contribution >= 0.6 is 0 Å². The van der Waals surface area contributed by atoms with E-state index in [9.17, 15) is 4.79 Å². The number of likely N-dealkylation sites (tertiary alicyclic amines) is 1. The Kier molecular flexibility index (Phi) is 6.76. The fraction of sp³-hybridized carbons (Fsp3) is 0.409. The average molecular weight is 385 g/mol. The maximum absolute atomic E-state index is 12.8. The molecule has 2 aromatic carbocycles. The van der Waals surface area contributed by atoms with Gasteiger partial charge in [0.2, 0.25) is 0 Å². The lowest BCUT2D eigenvalue weighted by Crippen LogP contribution is -2.43. The highest BCUT2D eigenvalue weighted by Crippen LogP contribution is 2.24. The fourth-order valence-corrected chi connectivity index (χ4v) is 3.36. The molecule has 0 saturated carbocycles. The van der Waals surface area contributed by atoms with Crippen LogP contribution in [0.3, 0.4) is 0 Å². The first-order valence-corrected chi connectivity index (χ1v) is 9.40. The van der Waals surface area contributed by atoms with Crippen LogP contribution in [-0.2, 0) is 11.3 Å². The SMILES string of the molecule is COc1cc(CO[C@@H]2CCCN(C(=O)c3cccc(OC)c3)C2)cc(OC)c1. The number of amides is 1. The molecule has 3 rings (SSSR count). The van der Waals surface area contributed by atoms with Crippen molar-refractivity contribution in [3.8, 4) is 17.2 Å². The predicted molar refractivity (Wildman–Crippen MR) is 106 cm³/mol. The van der Waals surface area contributed by atoms with Crippen LogP contribution in [0.1, 0.15) is 28.8 Å². The number of hydrogen-bond donors (Lipinski definition) is 0. The minimum Gasteiger partial charge on any atom is -0.497 e. The Bertz CT molecular complexity index is 785. The number of methoxy groups -OCH3 is 3. The first-order chi connectivity index (χ1) is 13.6. The molecular formula is C22H27NO5. The van der Waals surface area contributed by atoms with Gasteiger partial charge in [-0.1, -0.05) is 6.07 Å². The minimum atomic E-state index is 0.000466. The molecule has 1 aliphatic rings. The van der Waals surface area contributed by atoms with Crippen LogP contribution in [-0.4, -0.2) is 51.3 Å². The molecule has 0 aliphatic carbocycles. The summed E-state index contributed by atoms with van der Waals surface area (Å²) < 4.78 is 21.9. The van der Waals surface area contributed by atoms with Crippen molar-refractivity contribution < 1.29 is 23.7 Å². The van der Waals surface area contributed by atoms with Gasteiger partial charge in [-0.05, 0) is 48.7 Å². The molecule has 1 aliphatic heterocycles. The molecule has 0 N–H and O–H groups in total. The number of hydrogen-bond acceptors (Lipinski definition) is 5. The molecule has 1 saturated heterocycles. The van der Waals surface area contributed by atoms with E-state index in [1.165, 1.54) is 0 Å². The van der Waals surface area contributed by atoms with Gasteiger partial charge in [0.15, 0.2) is 0 Å². The summed E-state index contributed by atoms with van der Waals surface area (Å²) in [6.07, 6.45) is 1.85. The molecule has 1 heterocycles. The molecule has 1 fully saturated rings. The Morgan fingerprint density at radius 1 is 1.00 bits per heavy atom. The zero-order chi connectivity index (χ0) is 19.9. The summed E-state index contributed by atoms with van der Waals surface area (Å²) >= 11 is 0. The zero-order valence-corrected chi connectivity index (χ0v) is 16.6. The molecule has 0 spiro atoms. The van der Waals surface area contributed by atoms with Crippen molar-refractivity contribution in [1.29, 1.82) is 0 Å². The van der Waals surface area contributed by atoms with Crippen LogP contribution in [0.4, 0.5) is 0 Å². The third-order valence-corrected chi connectivity index (χ3v) is 4.88. The highest BCUT2D eigenvalue weighted by atomic mass is 16.5. The molecule has 1 amide bonds. The number of benzene rings is 2. The molecule has 28 heavy (non-hydrogen) atoms. The molecule has 0 radical (unpaired) electrons. The number of nitrogens with zero attached hydrogens (tertiary/aromatic N) is 1. The lowest BCUT2D eigenvalue weighted by molar-refractivity contribution is -0.00681. The van der Waals surface area contributed by atoms with Crippen LogP contribution in [0.2, 0.25) is 0 Å². The Balaban J connectivity index is 1.61. The summed E-state index contributed by atoms with van der Waals surface area (Å²) in [5.74, 6) is 2.16. The standard InChI is InChI=1S/C22H27NO5/c1-25-18-7-4-6-17(12-18)22(24)23-9-5-8-19(14-23)28-15-16-10-20(26-2)13-21(11-16)27-3/h4,6-7,10-13,19H,5,8-9,14-15H2,1-3H3/t19-/m1/s1. The second-order valence-corrected chi connectivity index (χ2v) is 6.78. The normalized spacial score (nSPS) is 16.5. The number of carbonyl (C=O) groups excluding carboxylic acids is 1. The monoisotopic (exact) mass is 385 g/mol. The van der Waals surface area contributed by atoms with Crippen LogP contribution in [0.5, 0.6) is 17.2 Å². The predicted octanol–water partition coefficient (Wildman–Crippen LogP) is 3.53. The summed E-state index contributed by atoms with van der Waals surface area (Å²) in [5.41, 5.74) is 1.62. The molecular weight excluding hydrogens is 358 g/mol. The maximum atomic E-state index is 12.8. The van der Waals surface area contributed by atoms with Crippen LogP contribution < -0.4 is 14.2 Å². The Labute approximate surface area is 166 Å².